The lowest BCUT2D eigenvalue weighted by Crippen LogP contribution is -2.49. The van der Waals surface area contributed by atoms with Gasteiger partial charge in [-0.05, 0) is 68.4 Å². The number of hydrogen-bond acceptors (Lipinski definition) is 24. The van der Waals surface area contributed by atoms with Crippen LogP contribution < -0.4 is 42.4 Å². The summed E-state index contributed by atoms with van der Waals surface area (Å²) in [7, 11) is 12.0. The number of rotatable bonds is 18. The van der Waals surface area contributed by atoms with Gasteiger partial charge < -0.3 is 69.9 Å². The highest BCUT2D eigenvalue weighted by molar-refractivity contribution is 6.42. The lowest BCUT2D eigenvalue weighted by atomic mass is 9.79. The number of phenols is 3. The molecule has 7 aromatic carbocycles. The van der Waals surface area contributed by atoms with E-state index in [1.807, 2.05) is 26.0 Å². The Morgan fingerprint density at radius 2 is 0.873 bits per heavy atom. The standard InChI is InChI=1S/C23H24ClN3O6.C15H15ClN2O5.C9H8Cl2N2O3.C9H9ClN2O4.C7H3Cl2NO4/c1-11-5-8-14(33-11)21(23(2)9-32-10-23)26-17-16(19(29)20(17)30)25-13-7-6-12(24)15(18(13)28)22(31)27(3)4;1-4-23-14-10(12(20)13(14)21)17-8-6-5-7(16)9(11(8)19)15(22)18(2)3;1-12(2)9(14)7-5(10)3-4-6(8(7)11)13(15)16;1-11(2)9(14)7-5(10)3-4-6(8(7)13)12(15)16;8-3-1-2-4(10(13)14)6(9)5(3)7(11)12/h5-8,21,25-26,28H,9-10H2,1-4H3;5-6,17,19H,4H2,1-3H3;3-4H,1-2H3;3-4,13H,1-2H3;1-2H,(H,11,12)/t21-;;;;/m0..../s1. The molecule has 1 aliphatic heterocycles. The molecule has 542 valence electrons. The SMILES string of the molecule is CCOc1c(Nc2ccc(Cl)c(C(=O)N(C)C)c2O)c(=O)c1=O.CN(C)C(=O)c1c(Cl)ccc([N+](=O)[O-])c1Cl.CN(C)C(=O)c1c(Cl)ccc([N+](=O)[O-])c1O.Cc1ccc([C@H](Nc2c(Nc3ccc(Cl)c(C(=O)N(C)C)c3O)c(=O)c2=O)C2(C)COC2)o1.O=C(O)c1c(Cl)ccc([N+](=O)[O-])c1Cl. The molecule has 1 saturated heterocycles. The number of aryl methyl sites for hydroxylation is 1. The number of ether oxygens (including phenoxy) is 2. The number of nitro benzene ring substituents is 3. The number of carboxylic acid groups (broad SMARTS) is 1. The van der Waals surface area contributed by atoms with Gasteiger partial charge in [-0.15, -0.1) is 0 Å². The Hall–Kier alpha value is -10.3. The minimum atomic E-state index is -1.40. The van der Waals surface area contributed by atoms with E-state index >= 15 is 0 Å². The van der Waals surface area contributed by atoms with Crippen molar-refractivity contribution in [3.63, 3.8) is 0 Å². The first-order valence-electron chi connectivity index (χ1n) is 28.8. The van der Waals surface area contributed by atoms with Gasteiger partial charge in [-0.3, -0.25) is 68.7 Å². The zero-order chi connectivity index (χ0) is 77.2. The van der Waals surface area contributed by atoms with Gasteiger partial charge in [0.15, 0.2) is 17.2 Å². The molecule has 8 aromatic rings. The van der Waals surface area contributed by atoms with Crippen LogP contribution >= 0.6 is 81.2 Å². The fourth-order valence-corrected chi connectivity index (χ4v) is 10.8. The van der Waals surface area contributed by atoms with E-state index in [4.69, 9.17) is 100 Å². The zero-order valence-electron chi connectivity index (χ0n) is 55.0. The number of aromatic carboxylic acids is 1. The molecule has 39 heteroatoms. The third kappa shape index (κ3) is 18.2. The fourth-order valence-electron chi connectivity index (χ4n) is 8.92. The van der Waals surface area contributed by atoms with Gasteiger partial charge in [-0.1, -0.05) is 88.1 Å². The van der Waals surface area contributed by atoms with Crippen molar-refractivity contribution < 1.29 is 73.1 Å². The van der Waals surface area contributed by atoms with Gasteiger partial charge in [0.2, 0.25) is 5.75 Å². The first-order valence-corrected chi connectivity index (χ1v) is 31.4. The molecule has 0 saturated carbocycles. The molecule has 0 bridgehead atoms. The van der Waals surface area contributed by atoms with E-state index in [1.165, 1.54) is 112 Å². The number of benzene rings is 5. The Bertz CT molecular complexity index is 4710. The van der Waals surface area contributed by atoms with Gasteiger partial charge in [0, 0.05) is 80.0 Å². The van der Waals surface area contributed by atoms with Gasteiger partial charge in [-0.25, -0.2) is 4.79 Å². The maximum atomic E-state index is 12.5. The number of nitrogens with one attached hydrogen (secondary N) is 3. The fraction of sp³-hybridized carbons (Fsp3) is 0.254. The number of furan rings is 1. The van der Waals surface area contributed by atoms with E-state index in [2.05, 4.69) is 16.0 Å². The van der Waals surface area contributed by atoms with Crippen molar-refractivity contribution in [1.29, 1.82) is 0 Å². The van der Waals surface area contributed by atoms with Gasteiger partial charge in [-0.2, -0.15) is 0 Å². The second-order valence-corrected chi connectivity index (χ2v) is 25.2. The summed E-state index contributed by atoms with van der Waals surface area (Å²) in [6, 6.07) is 15.8. The Morgan fingerprint density at radius 1 is 0.520 bits per heavy atom. The van der Waals surface area contributed by atoms with E-state index in [9.17, 15) is 88.8 Å². The van der Waals surface area contributed by atoms with Crippen molar-refractivity contribution in [3.8, 4) is 23.0 Å². The van der Waals surface area contributed by atoms with Crippen LogP contribution in [0.1, 0.15) is 83.2 Å². The topological polar surface area (TPSA) is 445 Å². The number of nitro groups is 3. The number of amides is 4. The van der Waals surface area contributed by atoms with Crippen molar-refractivity contribution in [1.82, 2.24) is 19.6 Å². The largest absolute Gasteiger partial charge is 0.505 e. The van der Waals surface area contributed by atoms with Gasteiger partial charge >= 0.3 is 11.7 Å². The maximum absolute atomic E-state index is 12.5. The number of carboxylic acids is 1. The van der Waals surface area contributed by atoms with E-state index in [0.717, 1.165) is 24.3 Å². The molecule has 0 unspecified atom stereocenters. The second kappa shape index (κ2) is 34.4. The van der Waals surface area contributed by atoms with E-state index < -0.39 is 111 Å². The maximum Gasteiger partial charge on any atom is 0.339 e. The summed E-state index contributed by atoms with van der Waals surface area (Å²) >= 11 is 40.4. The first kappa shape index (κ1) is 82.3. The molecule has 0 spiro atoms. The molecular formula is C63H59Cl7N10O22. The van der Waals surface area contributed by atoms with E-state index in [0.29, 0.717) is 24.7 Å². The molecule has 4 amide bonds. The number of hydrogen-bond donors (Lipinski definition) is 7. The van der Waals surface area contributed by atoms with Crippen molar-refractivity contribution in [2.45, 2.75) is 26.8 Å². The minimum Gasteiger partial charge on any atom is -0.505 e. The number of carbonyl (C=O) groups is 5. The number of nitrogens with zero attached hydrogens (tertiary/aromatic N) is 7. The summed E-state index contributed by atoms with van der Waals surface area (Å²) < 4.78 is 16.3. The van der Waals surface area contributed by atoms with Crippen LogP contribution in [0.25, 0.3) is 0 Å². The average Bonchev–Trinajstić information content (AvgIpc) is 1.65. The molecule has 9 rings (SSSR count). The van der Waals surface area contributed by atoms with Gasteiger partial charge in [0.1, 0.15) is 60.9 Å². The summed E-state index contributed by atoms with van der Waals surface area (Å²) in [4.78, 5) is 141. The van der Waals surface area contributed by atoms with Crippen LogP contribution in [0, 0.1) is 42.7 Å². The molecule has 2 heterocycles. The van der Waals surface area contributed by atoms with E-state index in [-0.39, 0.29) is 104 Å². The highest BCUT2D eigenvalue weighted by atomic mass is 35.5. The van der Waals surface area contributed by atoms with Crippen LogP contribution in [0.15, 0.2) is 96.4 Å². The first-order chi connectivity index (χ1) is 47.5. The molecule has 1 fully saturated rings. The van der Waals surface area contributed by atoms with Crippen molar-refractivity contribution >= 4 is 156 Å². The van der Waals surface area contributed by atoms with Crippen LogP contribution in [0.3, 0.4) is 0 Å². The molecule has 1 aromatic heterocycles. The Kier molecular flexibility index (Phi) is 27.7. The molecule has 32 nitrogen and oxygen atoms in total. The highest BCUT2D eigenvalue weighted by Gasteiger charge is 2.45. The Labute approximate surface area is 611 Å². The summed E-state index contributed by atoms with van der Waals surface area (Å²) in [6.07, 6.45) is 0. The quantitative estimate of drug-likeness (QED) is 0.0182. The number of phenolic OH excluding ortho intramolecular Hbond substituents is 3. The molecule has 7 N–H and O–H groups in total. The highest BCUT2D eigenvalue weighted by Crippen LogP contribution is 2.45. The predicted molar refractivity (Wildman–Crippen MR) is 380 cm³/mol. The summed E-state index contributed by atoms with van der Waals surface area (Å²) in [5, 5.41) is 78.7. The lowest BCUT2D eigenvalue weighted by Gasteiger charge is -2.44. The molecular weight excluding hydrogens is 1500 g/mol. The lowest BCUT2D eigenvalue weighted by molar-refractivity contribution is -0.385. The van der Waals surface area contributed by atoms with Crippen LogP contribution in [0.4, 0.5) is 45.5 Å². The van der Waals surface area contributed by atoms with Crippen molar-refractivity contribution in [2.75, 3.05) is 92.2 Å². The van der Waals surface area contributed by atoms with Crippen LogP contribution in [-0.4, -0.2) is 161 Å². The smallest absolute Gasteiger partial charge is 0.339 e. The monoisotopic (exact) mass is 1550 g/mol. The molecule has 0 radical (unpaired) electrons. The number of halogens is 7. The Balaban J connectivity index is 0.000000240. The molecule has 1 atom stereocenters. The van der Waals surface area contributed by atoms with Crippen molar-refractivity contribution in [3.05, 3.63) is 219 Å². The third-order valence-electron chi connectivity index (χ3n) is 14.3. The Morgan fingerprint density at radius 3 is 1.25 bits per heavy atom. The van der Waals surface area contributed by atoms with Crippen LogP contribution in [-0.2, 0) is 4.74 Å². The van der Waals surface area contributed by atoms with Gasteiger partial charge in [0.05, 0.1) is 82.7 Å². The zero-order valence-corrected chi connectivity index (χ0v) is 60.3. The van der Waals surface area contributed by atoms with Gasteiger partial charge in [0.25, 0.3) is 56.7 Å². The summed E-state index contributed by atoms with van der Waals surface area (Å²) in [5.74, 6) is -3.76. The normalized spacial score (nSPS) is 11.9. The molecule has 1 aliphatic rings. The molecule has 0 aliphatic carbocycles. The number of carbonyl (C=O) groups excluding carboxylic acids is 4. The van der Waals surface area contributed by atoms with Crippen LogP contribution in [0.2, 0.25) is 35.2 Å². The van der Waals surface area contributed by atoms with Crippen LogP contribution in [0.5, 0.6) is 23.0 Å². The minimum absolute atomic E-state index is 0.0157. The van der Waals surface area contributed by atoms with E-state index in [1.54, 1.807) is 6.92 Å². The second-order valence-electron chi connectivity index (χ2n) is 22.4. The van der Waals surface area contributed by atoms with Crippen molar-refractivity contribution in [2.24, 2.45) is 5.41 Å². The summed E-state index contributed by atoms with van der Waals surface area (Å²) in [6.45, 7) is 6.62. The third-order valence-corrected chi connectivity index (χ3v) is 16.6. The number of aromatic hydroxyl groups is 3. The summed E-state index contributed by atoms with van der Waals surface area (Å²) in [5.41, 5.74) is -5.45. The number of anilines is 5. The predicted octanol–water partition coefficient (Wildman–Crippen LogP) is 11.5. The molecule has 102 heavy (non-hydrogen) atoms. The average molecular weight is 1560 g/mol.